The number of nitrogens with zero attached hydrogens (tertiary/aromatic N) is 4. The summed E-state index contributed by atoms with van der Waals surface area (Å²) in [5, 5.41) is 3.20. The molecule has 0 saturated carbocycles. The molecule has 0 unspecified atom stereocenters. The average Bonchev–Trinajstić information content (AvgIpc) is 3.13. The zero-order valence-electron chi connectivity index (χ0n) is 13.8. The van der Waals surface area contributed by atoms with Gasteiger partial charge in [-0.15, -0.1) is 11.3 Å². The minimum atomic E-state index is -0.143. The van der Waals surface area contributed by atoms with Gasteiger partial charge < -0.3 is 9.80 Å². The quantitative estimate of drug-likeness (QED) is 0.822. The van der Waals surface area contributed by atoms with Gasteiger partial charge in [-0.1, -0.05) is 0 Å². The summed E-state index contributed by atoms with van der Waals surface area (Å²) in [5.74, 6) is 0.122. The second-order valence-electron chi connectivity index (χ2n) is 6.29. The first-order chi connectivity index (χ1) is 11.1. The van der Waals surface area contributed by atoms with Crippen LogP contribution in [0.3, 0.4) is 0 Å². The maximum absolute atomic E-state index is 12.6. The van der Waals surface area contributed by atoms with E-state index in [4.69, 9.17) is 0 Å². The van der Waals surface area contributed by atoms with Gasteiger partial charge in [0.05, 0.1) is 16.6 Å². The van der Waals surface area contributed by atoms with Crippen molar-refractivity contribution in [2.75, 3.05) is 39.3 Å². The number of hydrogen-bond donors (Lipinski definition) is 0. The van der Waals surface area contributed by atoms with Crippen LogP contribution in [0.2, 0.25) is 0 Å². The Balaban J connectivity index is 1.49. The molecule has 7 heteroatoms. The molecule has 0 spiro atoms. The predicted octanol–water partition coefficient (Wildman–Crippen LogP) is 0.964. The molecule has 2 saturated heterocycles. The fourth-order valence-electron chi connectivity index (χ4n) is 3.34. The molecule has 2 aliphatic rings. The Hall–Kier alpha value is -1.47. The highest BCUT2D eigenvalue weighted by molar-refractivity contribution is 7.09. The maximum atomic E-state index is 12.6. The van der Waals surface area contributed by atoms with Crippen molar-refractivity contribution < 1.29 is 9.59 Å². The fourth-order valence-corrected chi connectivity index (χ4v) is 3.94. The van der Waals surface area contributed by atoms with E-state index in [2.05, 4.69) is 15.3 Å². The number of rotatable bonds is 4. The van der Waals surface area contributed by atoms with Crippen molar-refractivity contribution in [2.45, 2.75) is 26.8 Å². The van der Waals surface area contributed by atoms with Gasteiger partial charge in [0, 0.05) is 57.6 Å². The first-order valence-corrected chi connectivity index (χ1v) is 9.14. The van der Waals surface area contributed by atoms with Crippen molar-refractivity contribution in [3.05, 3.63) is 16.1 Å². The summed E-state index contributed by atoms with van der Waals surface area (Å²) in [4.78, 5) is 35.0. The van der Waals surface area contributed by atoms with Crippen LogP contribution in [0.25, 0.3) is 0 Å². The first-order valence-electron chi connectivity index (χ1n) is 8.26. The summed E-state index contributed by atoms with van der Waals surface area (Å²) in [6.07, 6.45) is 0.380. The minimum absolute atomic E-state index is 0.114. The number of hydrogen-bond acceptors (Lipinski definition) is 5. The van der Waals surface area contributed by atoms with Crippen LogP contribution in [0.5, 0.6) is 0 Å². The molecule has 1 atom stereocenters. The number of aromatic nitrogens is 1. The highest BCUT2D eigenvalue weighted by Crippen LogP contribution is 2.21. The third-order valence-electron chi connectivity index (χ3n) is 4.68. The molecule has 126 valence electrons. The second kappa shape index (κ2) is 6.97. The first kappa shape index (κ1) is 16.4. The van der Waals surface area contributed by atoms with E-state index in [9.17, 15) is 9.59 Å². The summed E-state index contributed by atoms with van der Waals surface area (Å²) in [6.45, 7) is 9.38. The standard InChI is InChI=1S/C16H24N4O2S/c1-3-19-9-13(8-15(19)21)16(22)20-6-4-18(5-7-20)10-14-11-23-12(2)17-14/h11,13H,3-10H2,1-2H3/t13-/m1/s1. The monoisotopic (exact) mass is 336 g/mol. The van der Waals surface area contributed by atoms with E-state index in [1.54, 1.807) is 16.2 Å². The Morgan fingerprint density at radius 2 is 2.09 bits per heavy atom. The fraction of sp³-hybridized carbons (Fsp3) is 0.688. The van der Waals surface area contributed by atoms with Crippen molar-refractivity contribution in [1.29, 1.82) is 0 Å². The molecule has 1 aromatic rings. The smallest absolute Gasteiger partial charge is 0.228 e. The van der Waals surface area contributed by atoms with E-state index < -0.39 is 0 Å². The van der Waals surface area contributed by atoms with Gasteiger partial charge in [-0.3, -0.25) is 14.5 Å². The summed E-state index contributed by atoms with van der Waals surface area (Å²) < 4.78 is 0. The van der Waals surface area contributed by atoms with Gasteiger partial charge in [-0.2, -0.15) is 0 Å². The molecular weight excluding hydrogens is 312 g/mol. The van der Waals surface area contributed by atoms with Crippen LogP contribution < -0.4 is 0 Å². The molecule has 0 N–H and O–H groups in total. The number of thiazole rings is 1. The van der Waals surface area contributed by atoms with E-state index in [1.165, 1.54) is 0 Å². The van der Waals surface area contributed by atoms with Crippen LogP contribution in [0.4, 0.5) is 0 Å². The van der Waals surface area contributed by atoms with E-state index in [0.29, 0.717) is 19.5 Å². The lowest BCUT2D eigenvalue weighted by atomic mass is 10.1. The van der Waals surface area contributed by atoms with Crippen molar-refractivity contribution in [2.24, 2.45) is 5.92 Å². The van der Waals surface area contributed by atoms with Gasteiger partial charge >= 0.3 is 0 Å². The highest BCUT2D eigenvalue weighted by atomic mass is 32.1. The molecule has 2 amide bonds. The molecule has 3 heterocycles. The van der Waals surface area contributed by atoms with E-state index in [1.807, 2.05) is 18.7 Å². The van der Waals surface area contributed by atoms with Crippen LogP contribution in [0.1, 0.15) is 24.0 Å². The third kappa shape index (κ3) is 3.72. The lowest BCUT2D eigenvalue weighted by Crippen LogP contribution is -2.50. The summed E-state index contributed by atoms with van der Waals surface area (Å²) in [6, 6.07) is 0. The van der Waals surface area contributed by atoms with Crippen LogP contribution in [0, 0.1) is 12.8 Å². The average molecular weight is 336 g/mol. The van der Waals surface area contributed by atoms with Gasteiger partial charge in [-0.05, 0) is 13.8 Å². The molecule has 2 aliphatic heterocycles. The number of aryl methyl sites for hydroxylation is 1. The number of carbonyl (C=O) groups excluding carboxylic acids is 2. The van der Waals surface area contributed by atoms with Gasteiger partial charge in [-0.25, -0.2) is 4.98 Å². The van der Waals surface area contributed by atoms with Crippen molar-refractivity contribution in [3.8, 4) is 0 Å². The van der Waals surface area contributed by atoms with Crippen molar-refractivity contribution in [1.82, 2.24) is 19.7 Å². The Bertz CT molecular complexity index is 580. The SMILES string of the molecule is CCN1C[C@H](C(=O)N2CCN(Cc3csc(C)n3)CC2)CC1=O. The van der Waals surface area contributed by atoms with E-state index in [-0.39, 0.29) is 17.7 Å². The highest BCUT2D eigenvalue weighted by Gasteiger charge is 2.36. The Morgan fingerprint density at radius 1 is 1.35 bits per heavy atom. The maximum Gasteiger partial charge on any atom is 0.228 e. The molecule has 1 aromatic heterocycles. The topological polar surface area (TPSA) is 56.8 Å². The summed E-state index contributed by atoms with van der Waals surface area (Å²) in [5.41, 5.74) is 1.12. The lowest BCUT2D eigenvalue weighted by molar-refractivity contribution is -0.137. The van der Waals surface area contributed by atoms with Crippen LogP contribution >= 0.6 is 11.3 Å². The molecular formula is C16H24N4O2S. The Kier molecular flexibility index (Phi) is 4.96. The number of carbonyl (C=O) groups is 2. The second-order valence-corrected chi connectivity index (χ2v) is 7.35. The van der Waals surface area contributed by atoms with Gasteiger partial charge in [0.1, 0.15) is 0 Å². The summed E-state index contributed by atoms with van der Waals surface area (Å²) in [7, 11) is 0. The molecule has 0 radical (unpaired) electrons. The zero-order chi connectivity index (χ0) is 16.4. The van der Waals surface area contributed by atoms with E-state index >= 15 is 0 Å². The molecule has 0 bridgehead atoms. The molecule has 23 heavy (non-hydrogen) atoms. The third-order valence-corrected chi connectivity index (χ3v) is 5.50. The number of piperazine rings is 1. The van der Waals surface area contributed by atoms with Crippen molar-refractivity contribution in [3.63, 3.8) is 0 Å². The predicted molar refractivity (Wildman–Crippen MR) is 89.1 cm³/mol. The number of amides is 2. The molecule has 6 nitrogen and oxygen atoms in total. The van der Waals surface area contributed by atoms with Crippen LogP contribution in [-0.2, 0) is 16.1 Å². The van der Waals surface area contributed by atoms with Crippen molar-refractivity contribution >= 4 is 23.2 Å². The molecule has 3 rings (SSSR count). The van der Waals surface area contributed by atoms with Gasteiger partial charge in [0.2, 0.25) is 11.8 Å². The molecule has 0 aliphatic carbocycles. The molecule has 2 fully saturated rings. The normalized spacial score (nSPS) is 22.9. The van der Waals surface area contributed by atoms with Gasteiger partial charge in [0.25, 0.3) is 0 Å². The van der Waals surface area contributed by atoms with E-state index in [0.717, 1.165) is 43.4 Å². The molecule has 0 aromatic carbocycles. The minimum Gasteiger partial charge on any atom is -0.342 e. The number of likely N-dealkylation sites (tertiary alicyclic amines) is 1. The van der Waals surface area contributed by atoms with Gasteiger partial charge in [0.15, 0.2) is 0 Å². The Morgan fingerprint density at radius 3 is 2.65 bits per heavy atom. The van der Waals surface area contributed by atoms with Crippen LogP contribution in [-0.4, -0.2) is 70.8 Å². The Labute approximate surface area is 141 Å². The summed E-state index contributed by atoms with van der Waals surface area (Å²) >= 11 is 1.68. The lowest BCUT2D eigenvalue weighted by Gasteiger charge is -2.35. The largest absolute Gasteiger partial charge is 0.342 e. The van der Waals surface area contributed by atoms with Crippen LogP contribution in [0.15, 0.2) is 5.38 Å². The zero-order valence-corrected chi connectivity index (χ0v) is 14.6.